The van der Waals surface area contributed by atoms with Gasteiger partial charge in [0, 0.05) is 8.02 Å². The first-order valence-corrected chi connectivity index (χ1v) is 4.52. The zero-order chi connectivity index (χ0) is 11.1. The van der Waals surface area contributed by atoms with Gasteiger partial charge in [-0.05, 0) is 17.7 Å². The van der Waals surface area contributed by atoms with Crippen molar-refractivity contribution < 1.29 is 12.3 Å². The Kier molecular flexibility index (Phi) is 1.67. The maximum atomic E-state index is 11.0. The Morgan fingerprint density at radius 2 is 2.54 bits per heavy atom. The predicted octanol–water partition coefficient (Wildman–Crippen LogP) is 1.91. The highest BCUT2D eigenvalue weighted by molar-refractivity contribution is 9.08. The first-order chi connectivity index (χ1) is 6.97. The van der Waals surface area contributed by atoms with E-state index in [1.54, 1.807) is 18.2 Å². The van der Waals surface area contributed by atoms with Crippen molar-refractivity contribution in [3.63, 3.8) is 0 Å². The molecule has 4 heteroatoms. The Morgan fingerprint density at radius 3 is 3.31 bits per heavy atom. The molecule has 1 aliphatic rings. The number of alkyl halides is 1. The van der Waals surface area contributed by atoms with E-state index in [2.05, 4.69) is 21.2 Å². The van der Waals surface area contributed by atoms with Gasteiger partial charge in [0.15, 0.2) is 6.61 Å². The summed E-state index contributed by atoms with van der Waals surface area (Å²) in [7, 11) is 0. The molecule has 68 valence electrons. The van der Waals surface area contributed by atoms with Gasteiger partial charge in [-0.25, -0.2) is 0 Å². The van der Waals surface area contributed by atoms with Crippen molar-refractivity contribution in [1.29, 1.82) is 0 Å². The second-order valence-corrected chi connectivity index (χ2v) is 3.04. The van der Waals surface area contributed by atoms with Gasteiger partial charge in [-0.15, -0.1) is 0 Å². The Labute approximate surface area is 87.0 Å². The molecule has 1 aromatic carbocycles. The van der Waals surface area contributed by atoms with E-state index in [4.69, 9.17) is 7.48 Å². The van der Waals surface area contributed by atoms with Crippen molar-refractivity contribution >= 4 is 27.5 Å². The van der Waals surface area contributed by atoms with Gasteiger partial charge in [-0.3, -0.25) is 4.79 Å². The summed E-state index contributed by atoms with van der Waals surface area (Å²) in [5, 5.41) is 1.01. The average Bonchev–Trinajstić information content (AvgIpc) is 2.15. The number of carbonyl (C=O) groups excluding carboxylic acids is 1. The van der Waals surface area contributed by atoms with Gasteiger partial charge in [-0.1, -0.05) is 22.0 Å². The quantitative estimate of drug-likeness (QED) is 0.766. The van der Waals surface area contributed by atoms with Gasteiger partial charge >= 0.3 is 0 Å². The van der Waals surface area contributed by atoms with Gasteiger partial charge in [0.05, 0.1) is 5.69 Å². The fourth-order valence-electron chi connectivity index (χ4n) is 1.14. The first kappa shape index (κ1) is 6.43. The normalized spacial score (nSPS) is 17.8. The van der Waals surface area contributed by atoms with E-state index in [0.717, 1.165) is 0 Å². The molecule has 2 rings (SSSR count). The molecule has 1 amide bonds. The molecule has 1 N–H and O–H groups in total. The minimum absolute atomic E-state index is 0.00749. The minimum atomic E-state index is -1.61. The maximum absolute atomic E-state index is 11.0. The smallest absolute Gasteiger partial charge is 0.262 e. The highest BCUT2D eigenvalue weighted by Gasteiger charge is 2.15. The second kappa shape index (κ2) is 3.38. The summed E-state index contributed by atoms with van der Waals surface area (Å²) < 4.78 is 20.1. The summed E-state index contributed by atoms with van der Waals surface area (Å²) >= 11 is 2.91. The lowest BCUT2D eigenvalue weighted by atomic mass is 10.2. The molecule has 0 radical (unpaired) electrons. The Balaban J connectivity index is 2.41. The monoisotopic (exact) mass is 243 g/mol. The zero-order valence-corrected chi connectivity index (χ0v) is 8.22. The van der Waals surface area contributed by atoms with Crippen LogP contribution in [0.5, 0.6) is 5.75 Å². The summed E-state index contributed by atoms with van der Waals surface area (Å²) in [6.45, 7) is 0.00749. The minimum Gasteiger partial charge on any atom is -0.482 e. The van der Waals surface area contributed by atoms with Crippen LogP contribution in [0.2, 0.25) is 0 Å². The highest BCUT2D eigenvalue weighted by Crippen LogP contribution is 2.28. The number of carbonyl (C=O) groups is 1. The largest absolute Gasteiger partial charge is 0.482 e. The number of fused-ring (bicyclic) bond motifs is 1. The van der Waals surface area contributed by atoms with Crippen molar-refractivity contribution in [2.45, 2.75) is 5.28 Å². The van der Waals surface area contributed by atoms with Crippen LogP contribution in [0, 0.1) is 0 Å². The van der Waals surface area contributed by atoms with Crippen LogP contribution >= 0.6 is 15.9 Å². The van der Waals surface area contributed by atoms with E-state index < -0.39 is 5.28 Å². The lowest BCUT2D eigenvalue weighted by molar-refractivity contribution is -0.118. The second-order valence-electron chi connectivity index (χ2n) is 2.64. The van der Waals surface area contributed by atoms with E-state index in [9.17, 15) is 4.79 Å². The summed E-state index contributed by atoms with van der Waals surface area (Å²) in [6, 6.07) is 4.81. The van der Waals surface area contributed by atoms with Crippen LogP contribution in [0.15, 0.2) is 18.2 Å². The van der Waals surface area contributed by atoms with Crippen molar-refractivity contribution in [2.24, 2.45) is 0 Å². The molecule has 1 aromatic rings. The number of anilines is 1. The Morgan fingerprint density at radius 1 is 1.69 bits per heavy atom. The van der Waals surface area contributed by atoms with Crippen LogP contribution in [0.25, 0.3) is 0 Å². The molecule has 0 unspecified atom stereocenters. The number of hydrogen-bond acceptors (Lipinski definition) is 2. The summed E-state index contributed by atoms with van der Waals surface area (Å²) in [4.78, 5) is 11.0. The third-order valence-corrected chi connectivity index (χ3v) is 2.18. The van der Waals surface area contributed by atoms with Crippen molar-refractivity contribution in [2.75, 3.05) is 11.9 Å². The molecule has 0 saturated heterocycles. The molecule has 0 aromatic heterocycles. The summed E-state index contributed by atoms with van der Waals surface area (Å²) in [5.74, 6) is 0.338. The highest BCUT2D eigenvalue weighted by atomic mass is 79.9. The molecule has 0 bridgehead atoms. The standard InChI is InChI=1S/C9H8BrNO2/c10-4-6-1-2-8-7(3-6)11-9(12)5-13-8/h1-3H,4-5H2,(H,11,12)/i4D2. The molecule has 13 heavy (non-hydrogen) atoms. The van der Waals surface area contributed by atoms with Crippen LogP contribution < -0.4 is 10.1 Å². The van der Waals surface area contributed by atoms with E-state index >= 15 is 0 Å². The molecule has 1 heterocycles. The molecule has 1 aliphatic heterocycles. The number of amides is 1. The molecule has 3 nitrogen and oxygen atoms in total. The van der Waals surface area contributed by atoms with Crippen LogP contribution in [0.4, 0.5) is 5.69 Å². The van der Waals surface area contributed by atoms with E-state index in [1.807, 2.05) is 0 Å². The molecule has 0 spiro atoms. The van der Waals surface area contributed by atoms with Crippen LogP contribution in [0.1, 0.15) is 8.30 Å². The van der Waals surface area contributed by atoms with E-state index in [-0.39, 0.29) is 12.5 Å². The lowest BCUT2D eigenvalue weighted by Gasteiger charge is -2.18. The number of halogens is 1. The predicted molar refractivity (Wildman–Crippen MR) is 53.2 cm³/mol. The summed E-state index contributed by atoms with van der Waals surface area (Å²) in [6.07, 6.45) is 0. The van der Waals surface area contributed by atoms with Gasteiger partial charge in [0.2, 0.25) is 0 Å². The van der Waals surface area contributed by atoms with Crippen molar-refractivity contribution in [1.82, 2.24) is 0 Å². The first-order valence-electron chi connectivity index (χ1n) is 4.73. The van der Waals surface area contributed by atoms with Crippen LogP contribution in [-0.2, 0) is 10.1 Å². The van der Waals surface area contributed by atoms with Gasteiger partial charge in [0.25, 0.3) is 5.91 Å². The molecule has 0 saturated carbocycles. The lowest BCUT2D eigenvalue weighted by Crippen LogP contribution is -2.25. The Hall–Kier alpha value is -1.03. The van der Waals surface area contributed by atoms with Crippen LogP contribution in [0.3, 0.4) is 0 Å². The molecular weight excluding hydrogens is 234 g/mol. The average molecular weight is 244 g/mol. The number of rotatable bonds is 1. The topological polar surface area (TPSA) is 38.3 Å². The number of hydrogen-bond donors (Lipinski definition) is 1. The van der Waals surface area contributed by atoms with E-state index in [0.29, 0.717) is 17.0 Å². The van der Waals surface area contributed by atoms with Crippen molar-refractivity contribution in [3.05, 3.63) is 23.8 Å². The van der Waals surface area contributed by atoms with Crippen molar-refractivity contribution in [3.8, 4) is 5.75 Å². The molecule has 0 atom stereocenters. The zero-order valence-electron chi connectivity index (χ0n) is 8.63. The van der Waals surface area contributed by atoms with Gasteiger partial charge in [-0.2, -0.15) is 0 Å². The van der Waals surface area contributed by atoms with Gasteiger partial charge < -0.3 is 10.1 Å². The van der Waals surface area contributed by atoms with Crippen LogP contribution in [-0.4, -0.2) is 12.5 Å². The summed E-state index contributed by atoms with van der Waals surface area (Å²) in [5.41, 5.74) is 0.944. The Bertz CT molecular complexity index is 417. The third-order valence-electron chi connectivity index (χ3n) is 1.72. The molecule has 0 fully saturated rings. The molecule has 0 aliphatic carbocycles. The fourth-order valence-corrected chi connectivity index (χ4v) is 1.39. The maximum Gasteiger partial charge on any atom is 0.262 e. The number of benzene rings is 1. The van der Waals surface area contributed by atoms with E-state index in [1.165, 1.54) is 0 Å². The third kappa shape index (κ3) is 1.67. The SMILES string of the molecule is [2H]C([2H])(Br)c1ccc2c(c1)NC(=O)CO2. The fraction of sp³-hybridized carbons (Fsp3) is 0.222. The van der Waals surface area contributed by atoms with Gasteiger partial charge in [0.1, 0.15) is 5.75 Å². The number of ether oxygens (including phenoxy) is 1. The number of nitrogens with one attached hydrogen (secondary N) is 1. The molecular formula is C9H8BrNO2.